The zero-order valence-corrected chi connectivity index (χ0v) is 15.6. The minimum Gasteiger partial charge on any atom is -0.465 e. The van der Waals surface area contributed by atoms with Crippen LogP contribution in [0.4, 0.5) is 17.1 Å². The molecule has 0 amide bonds. The van der Waals surface area contributed by atoms with Gasteiger partial charge in [0.15, 0.2) is 0 Å². The van der Waals surface area contributed by atoms with E-state index in [4.69, 9.17) is 17.3 Å². The lowest BCUT2D eigenvalue weighted by Crippen LogP contribution is -2.20. The number of para-hydroxylation sites is 2. The number of esters is 2. The minimum absolute atomic E-state index is 0.242. The van der Waals surface area contributed by atoms with Gasteiger partial charge in [0, 0.05) is 11.4 Å². The summed E-state index contributed by atoms with van der Waals surface area (Å²) in [4.78, 5) is 26.8. The first-order valence-electron chi connectivity index (χ1n) is 8.57. The first-order chi connectivity index (χ1) is 13.6. The second kappa shape index (κ2) is 8.44. The van der Waals surface area contributed by atoms with E-state index in [1.165, 1.54) is 14.2 Å². The van der Waals surface area contributed by atoms with Crippen molar-refractivity contribution in [3.63, 3.8) is 0 Å². The molecule has 0 N–H and O–H groups in total. The van der Waals surface area contributed by atoms with Crippen LogP contribution < -0.4 is 10.4 Å². The minimum atomic E-state index is -0.558. The van der Waals surface area contributed by atoms with Gasteiger partial charge in [-0.2, -0.15) is 0 Å². The molecule has 0 aliphatic rings. The Balaban J connectivity index is 2.34. The average Bonchev–Trinajstić information content (AvgIpc) is 2.75. The van der Waals surface area contributed by atoms with E-state index in [-0.39, 0.29) is 11.1 Å². The highest BCUT2D eigenvalue weighted by Crippen LogP contribution is 2.39. The molecule has 0 saturated heterocycles. The molecule has 138 valence electrons. The molecule has 3 rings (SSSR count). The molecule has 0 unspecified atom stereocenters. The Morgan fingerprint density at radius 1 is 0.714 bits per heavy atom. The predicted molar refractivity (Wildman–Crippen MR) is 109 cm³/mol. The van der Waals surface area contributed by atoms with Crippen molar-refractivity contribution in [3.05, 3.63) is 83.9 Å². The molecule has 0 aromatic heterocycles. The van der Waals surface area contributed by atoms with Crippen LogP contribution in [0.15, 0.2) is 72.8 Å². The third-order valence-electron chi connectivity index (χ3n) is 4.24. The zero-order chi connectivity index (χ0) is 20.1. The highest BCUT2D eigenvalue weighted by Gasteiger charge is 2.26. The van der Waals surface area contributed by atoms with E-state index in [0.29, 0.717) is 11.2 Å². The van der Waals surface area contributed by atoms with E-state index >= 15 is 0 Å². The molecular weight excluding hydrogens is 353 g/mol. The van der Waals surface area contributed by atoms with Gasteiger partial charge in [-0.05, 0) is 36.4 Å². The van der Waals surface area contributed by atoms with Crippen LogP contribution in [0.25, 0.3) is 0 Å². The fourth-order valence-electron chi connectivity index (χ4n) is 2.94. The molecule has 3 aromatic rings. The summed E-state index contributed by atoms with van der Waals surface area (Å²) in [6.45, 7) is 0. The van der Waals surface area contributed by atoms with Crippen molar-refractivity contribution in [2.75, 3.05) is 19.1 Å². The molecule has 3 aromatic carbocycles. The van der Waals surface area contributed by atoms with Gasteiger partial charge in [0.25, 0.3) is 0 Å². The van der Waals surface area contributed by atoms with Gasteiger partial charge in [-0.25, -0.2) is 9.59 Å². The number of methoxy groups -OCH3 is 2. The zero-order valence-electron chi connectivity index (χ0n) is 15.6. The molecule has 28 heavy (non-hydrogen) atoms. The Bertz CT molecular complexity index is 953. The van der Waals surface area contributed by atoms with Crippen LogP contribution >= 0.6 is 0 Å². The highest BCUT2D eigenvalue weighted by atomic mass is 16.5. The van der Waals surface area contributed by atoms with Crippen molar-refractivity contribution < 1.29 is 19.1 Å². The summed E-state index contributed by atoms with van der Waals surface area (Å²) in [6.07, 6.45) is 0. The molecule has 0 heterocycles. The number of nitrogens with zero attached hydrogens (tertiary/aromatic N) is 1. The number of rotatable bonds is 5. The van der Waals surface area contributed by atoms with Crippen LogP contribution in [0.3, 0.4) is 0 Å². The van der Waals surface area contributed by atoms with Crippen LogP contribution in [0, 0.1) is 0 Å². The SMILES string of the molecule is [B]c1ccc(N(c2ccccc2)c2c(C(=O)OC)cccc2C(=O)OC)cc1. The maximum absolute atomic E-state index is 12.5. The van der Waals surface area contributed by atoms with Crippen molar-refractivity contribution in [2.45, 2.75) is 0 Å². The lowest BCUT2D eigenvalue weighted by Gasteiger charge is -2.28. The van der Waals surface area contributed by atoms with Crippen LogP contribution in [0.1, 0.15) is 20.7 Å². The molecule has 5 nitrogen and oxygen atoms in total. The number of carbonyl (C=O) groups is 2. The van der Waals surface area contributed by atoms with Gasteiger partial charge in [-0.1, -0.05) is 41.9 Å². The van der Waals surface area contributed by atoms with Crippen LogP contribution in [0.5, 0.6) is 0 Å². The van der Waals surface area contributed by atoms with E-state index < -0.39 is 11.9 Å². The summed E-state index contributed by atoms with van der Waals surface area (Å²) in [5.74, 6) is -1.12. The van der Waals surface area contributed by atoms with Crippen LogP contribution in [-0.2, 0) is 9.47 Å². The van der Waals surface area contributed by atoms with Crippen molar-refractivity contribution >= 4 is 42.3 Å². The lowest BCUT2D eigenvalue weighted by atomic mass is 9.96. The number of ether oxygens (including phenoxy) is 2. The van der Waals surface area contributed by atoms with Crippen LogP contribution in [-0.4, -0.2) is 34.0 Å². The quantitative estimate of drug-likeness (QED) is 0.507. The summed E-state index contributed by atoms with van der Waals surface area (Å²) in [5.41, 5.74) is 2.94. The second-order valence-electron chi connectivity index (χ2n) is 5.95. The number of hydrogen-bond acceptors (Lipinski definition) is 5. The molecule has 0 saturated carbocycles. The maximum Gasteiger partial charge on any atom is 0.340 e. The summed E-state index contributed by atoms with van der Waals surface area (Å²) in [6, 6.07) is 21.4. The van der Waals surface area contributed by atoms with Gasteiger partial charge < -0.3 is 14.4 Å². The Morgan fingerprint density at radius 2 is 1.21 bits per heavy atom. The molecule has 0 spiro atoms. The Labute approximate surface area is 164 Å². The van der Waals surface area contributed by atoms with Gasteiger partial charge in [0.05, 0.1) is 31.0 Å². The topological polar surface area (TPSA) is 55.8 Å². The molecule has 0 fully saturated rings. The predicted octanol–water partition coefficient (Wildman–Crippen LogP) is 3.52. The molecule has 2 radical (unpaired) electrons. The number of carbonyl (C=O) groups excluding carboxylic acids is 2. The number of benzene rings is 3. The third kappa shape index (κ3) is 3.76. The van der Waals surface area contributed by atoms with Crippen LogP contribution in [0.2, 0.25) is 0 Å². The van der Waals surface area contributed by atoms with E-state index in [1.54, 1.807) is 35.2 Å². The normalized spacial score (nSPS) is 10.2. The van der Waals surface area contributed by atoms with Crippen molar-refractivity contribution in [1.29, 1.82) is 0 Å². The lowest BCUT2D eigenvalue weighted by molar-refractivity contribution is 0.0601. The second-order valence-corrected chi connectivity index (χ2v) is 5.95. The fourth-order valence-corrected chi connectivity index (χ4v) is 2.94. The van der Waals surface area contributed by atoms with Gasteiger partial charge in [0.1, 0.15) is 7.85 Å². The largest absolute Gasteiger partial charge is 0.465 e. The maximum atomic E-state index is 12.5. The standard InChI is InChI=1S/C22H18BNO4/c1-27-21(25)18-9-6-10-19(22(26)28-2)20(18)24(16-7-4-3-5-8-16)17-13-11-15(23)12-14-17/h3-14H,1-2H3. The third-order valence-corrected chi connectivity index (χ3v) is 4.24. The smallest absolute Gasteiger partial charge is 0.340 e. The number of hydrogen-bond donors (Lipinski definition) is 0. The van der Waals surface area contributed by atoms with Gasteiger partial charge in [0.2, 0.25) is 0 Å². The first kappa shape index (κ1) is 19.2. The van der Waals surface area contributed by atoms with E-state index in [0.717, 1.165) is 11.4 Å². The summed E-state index contributed by atoms with van der Waals surface area (Å²) < 4.78 is 9.90. The molecule has 0 aliphatic heterocycles. The Hall–Kier alpha value is -3.54. The summed E-state index contributed by atoms with van der Waals surface area (Å²) >= 11 is 0. The molecule has 0 bridgehead atoms. The molecule has 6 heteroatoms. The van der Waals surface area contributed by atoms with E-state index in [1.807, 2.05) is 42.5 Å². The monoisotopic (exact) mass is 371 g/mol. The highest BCUT2D eigenvalue weighted by molar-refractivity contribution is 6.32. The van der Waals surface area contributed by atoms with E-state index in [9.17, 15) is 9.59 Å². The molecule has 0 atom stereocenters. The van der Waals surface area contributed by atoms with Gasteiger partial charge in [-0.15, -0.1) is 0 Å². The van der Waals surface area contributed by atoms with Crippen molar-refractivity contribution in [1.82, 2.24) is 0 Å². The summed E-state index contributed by atoms with van der Waals surface area (Å²) in [5, 5.41) is 0. The Morgan fingerprint density at radius 3 is 1.71 bits per heavy atom. The van der Waals surface area contributed by atoms with Crippen molar-refractivity contribution in [3.8, 4) is 0 Å². The number of anilines is 3. The van der Waals surface area contributed by atoms with Gasteiger partial charge in [-0.3, -0.25) is 0 Å². The molecular formula is C22H18BNO4. The first-order valence-corrected chi connectivity index (χ1v) is 8.57. The Kier molecular flexibility index (Phi) is 5.80. The van der Waals surface area contributed by atoms with E-state index in [2.05, 4.69) is 0 Å². The summed E-state index contributed by atoms with van der Waals surface area (Å²) in [7, 11) is 8.43. The molecule has 0 aliphatic carbocycles. The van der Waals surface area contributed by atoms with Crippen molar-refractivity contribution in [2.24, 2.45) is 0 Å². The van der Waals surface area contributed by atoms with Gasteiger partial charge >= 0.3 is 11.9 Å². The average molecular weight is 371 g/mol. The fraction of sp³-hybridized carbons (Fsp3) is 0.0909.